The van der Waals surface area contributed by atoms with Gasteiger partial charge in [-0.25, -0.2) is 4.39 Å². The minimum Gasteiger partial charge on any atom is -0.508 e. The fourth-order valence-corrected chi connectivity index (χ4v) is 1.58. The molecule has 1 N–H and O–H groups in total. The first-order chi connectivity index (χ1) is 8.69. The minimum atomic E-state index is -0.315. The Morgan fingerprint density at radius 3 is 2.17 bits per heavy atom. The van der Waals surface area contributed by atoms with E-state index in [0.717, 1.165) is 11.8 Å². The quantitative estimate of drug-likeness (QED) is 0.509. The number of aldehydes is 1. The van der Waals surface area contributed by atoms with Gasteiger partial charge in [-0.15, -0.1) is 0 Å². The first-order valence-corrected chi connectivity index (χ1v) is 5.41. The average Bonchev–Trinajstić information content (AvgIpc) is 2.39. The molecule has 0 radical (unpaired) electrons. The van der Waals surface area contributed by atoms with E-state index in [-0.39, 0.29) is 11.6 Å². The highest BCUT2D eigenvalue weighted by atomic mass is 19.1. The number of aromatic hydroxyl groups is 1. The third-order valence-corrected chi connectivity index (χ3v) is 2.52. The van der Waals surface area contributed by atoms with Crippen LogP contribution in [0.2, 0.25) is 0 Å². The zero-order valence-electron chi connectivity index (χ0n) is 9.51. The Morgan fingerprint density at radius 2 is 1.61 bits per heavy atom. The van der Waals surface area contributed by atoms with Crippen LogP contribution in [0.3, 0.4) is 0 Å². The van der Waals surface area contributed by atoms with E-state index >= 15 is 0 Å². The third-order valence-electron chi connectivity index (χ3n) is 2.52. The van der Waals surface area contributed by atoms with E-state index in [2.05, 4.69) is 0 Å². The number of allylic oxidation sites excluding steroid dienone is 1. The van der Waals surface area contributed by atoms with Gasteiger partial charge in [0.1, 0.15) is 11.6 Å². The minimum absolute atomic E-state index is 0.144. The summed E-state index contributed by atoms with van der Waals surface area (Å²) in [4.78, 5) is 11.1. The highest BCUT2D eigenvalue weighted by Crippen LogP contribution is 2.19. The zero-order valence-corrected chi connectivity index (χ0v) is 9.51. The van der Waals surface area contributed by atoms with Crippen molar-refractivity contribution in [1.29, 1.82) is 0 Å². The molecule has 0 aliphatic rings. The van der Waals surface area contributed by atoms with Gasteiger partial charge in [0.05, 0.1) is 0 Å². The summed E-state index contributed by atoms with van der Waals surface area (Å²) in [7, 11) is 0. The number of benzene rings is 2. The average molecular weight is 242 g/mol. The smallest absolute Gasteiger partial charge is 0.150 e. The number of hydrogen-bond donors (Lipinski definition) is 1. The number of hydrogen-bond acceptors (Lipinski definition) is 2. The highest BCUT2D eigenvalue weighted by molar-refractivity contribution is 6.13. The summed E-state index contributed by atoms with van der Waals surface area (Å²) >= 11 is 0. The first-order valence-electron chi connectivity index (χ1n) is 5.41. The third kappa shape index (κ3) is 2.83. The highest BCUT2D eigenvalue weighted by Gasteiger charge is 2.01. The van der Waals surface area contributed by atoms with E-state index < -0.39 is 0 Å². The second kappa shape index (κ2) is 5.27. The predicted octanol–water partition coefficient (Wildman–Crippen LogP) is 3.27. The molecule has 0 fully saturated rings. The van der Waals surface area contributed by atoms with Gasteiger partial charge in [0.25, 0.3) is 0 Å². The maximum Gasteiger partial charge on any atom is 0.150 e. The van der Waals surface area contributed by atoms with Gasteiger partial charge in [-0.1, -0.05) is 24.3 Å². The summed E-state index contributed by atoms with van der Waals surface area (Å²) < 4.78 is 12.8. The maximum atomic E-state index is 12.8. The van der Waals surface area contributed by atoms with Crippen molar-refractivity contribution < 1.29 is 14.3 Å². The number of halogens is 1. The van der Waals surface area contributed by atoms with Crippen molar-refractivity contribution in [1.82, 2.24) is 0 Å². The molecule has 0 saturated heterocycles. The lowest BCUT2D eigenvalue weighted by Crippen LogP contribution is -1.86. The van der Waals surface area contributed by atoms with Crippen molar-refractivity contribution in [3.63, 3.8) is 0 Å². The summed E-state index contributed by atoms with van der Waals surface area (Å²) in [5.41, 5.74) is 1.92. The molecule has 0 spiro atoms. The van der Waals surface area contributed by atoms with Crippen LogP contribution in [-0.2, 0) is 4.79 Å². The van der Waals surface area contributed by atoms with Gasteiger partial charge in [-0.05, 0) is 41.5 Å². The largest absolute Gasteiger partial charge is 0.508 e. The molecule has 18 heavy (non-hydrogen) atoms. The second-order valence-corrected chi connectivity index (χ2v) is 3.82. The van der Waals surface area contributed by atoms with E-state index in [1.807, 2.05) is 0 Å². The molecule has 0 aliphatic carbocycles. The number of carbonyl (C=O) groups is 1. The first kappa shape index (κ1) is 12.0. The van der Waals surface area contributed by atoms with Crippen LogP contribution < -0.4 is 0 Å². The Balaban J connectivity index is 2.36. The molecule has 0 atom stereocenters. The van der Waals surface area contributed by atoms with Gasteiger partial charge in [0.2, 0.25) is 0 Å². The summed E-state index contributed by atoms with van der Waals surface area (Å²) in [6.45, 7) is 0. The summed E-state index contributed by atoms with van der Waals surface area (Å²) in [6, 6.07) is 12.2. The standard InChI is InChI=1S/C15H11FO2/c16-14-5-1-11(2-6-14)9-13(10-17)12-3-7-15(18)8-4-12/h1-10,18H/b13-9-. The molecule has 0 bridgehead atoms. The molecule has 0 heterocycles. The molecule has 0 amide bonds. The van der Waals surface area contributed by atoms with E-state index in [1.54, 1.807) is 30.3 Å². The molecule has 3 heteroatoms. The Bertz CT molecular complexity index is 568. The van der Waals surface area contributed by atoms with Gasteiger partial charge in [-0.2, -0.15) is 0 Å². The number of carbonyl (C=O) groups excluding carboxylic acids is 1. The summed E-state index contributed by atoms with van der Waals surface area (Å²) in [6.07, 6.45) is 2.40. The number of phenols is 1. The Hall–Kier alpha value is -2.42. The predicted molar refractivity (Wildman–Crippen MR) is 68.4 cm³/mol. The van der Waals surface area contributed by atoms with Crippen LogP contribution in [0, 0.1) is 5.82 Å². The Morgan fingerprint density at radius 1 is 1.00 bits per heavy atom. The molecule has 0 unspecified atom stereocenters. The molecular formula is C15H11FO2. The molecule has 2 nitrogen and oxygen atoms in total. The molecule has 90 valence electrons. The molecule has 2 aromatic rings. The normalized spacial score (nSPS) is 11.3. The lowest BCUT2D eigenvalue weighted by molar-refractivity contribution is -0.103. The van der Waals surface area contributed by atoms with Crippen LogP contribution in [0.4, 0.5) is 4.39 Å². The Kier molecular flexibility index (Phi) is 3.53. The van der Waals surface area contributed by atoms with Gasteiger partial charge in [0.15, 0.2) is 6.29 Å². The lowest BCUT2D eigenvalue weighted by Gasteiger charge is -2.01. The number of phenolic OH excluding ortho intramolecular Hbond substituents is 1. The fraction of sp³-hybridized carbons (Fsp3) is 0. The van der Waals surface area contributed by atoms with Gasteiger partial charge >= 0.3 is 0 Å². The Labute approximate surface area is 104 Å². The molecule has 0 aliphatic heterocycles. The fourth-order valence-electron chi connectivity index (χ4n) is 1.58. The van der Waals surface area contributed by atoms with E-state index in [4.69, 9.17) is 0 Å². The van der Waals surface area contributed by atoms with Crippen LogP contribution >= 0.6 is 0 Å². The monoisotopic (exact) mass is 242 g/mol. The SMILES string of the molecule is O=C/C(=C/c1ccc(F)cc1)c1ccc(O)cc1. The van der Waals surface area contributed by atoms with Crippen LogP contribution in [0.5, 0.6) is 5.75 Å². The van der Waals surface area contributed by atoms with Gasteiger partial charge in [0, 0.05) is 5.57 Å². The zero-order chi connectivity index (χ0) is 13.0. The van der Waals surface area contributed by atoms with Gasteiger partial charge < -0.3 is 5.11 Å². The maximum absolute atomic E-state index is 12.8. The van der Waals surface area contributed by atoms with E-state index in [1.165, 1.54) is 24.3 Å². The lowest BCUT2D eigenvalue weighted by atomic mass is 10.0. The van der Waals surface area contributed by atoms with Crippen molar-refractivity contribution in [3.05, 3.63) is 65.5 Å². The van der Waals surface area contributed by atoms with E-state index in [0.29, 0.717) is 11.1 Å². The molecule has 0 aromatic heterocycles. The summed E-state index contributed by atoms with van der Waals surface area (Å²) in [5, 5.41) is 9.18. The van der Waals surface area contributed by atoms with Gasteiger partial charge in [-0.3, -0.25) is 4.79 Å². The van der Waals surface area contributed by atoms with Crippen molar-refractivity contribution in [2.75, 3.05) is 0 Å². The molecule has 2 aromatic carbocycles. The van der Waals surface area contributed by atoms with E-state index in [9.17, 15) is 14.3 Å². The summed E-state index contributed by atoms with van der Waals surface area (Å²) in [5.74, 6) is -0.171. The van der Waals surface area contributed by atoms with Crippen molar-refractivity contribution in [3.8, 4) is 5.75 Å². The van der Waals surface area contributed by atoms with Crippen molar-refractivity contribution in [2.45, 2.75) is 0 Å². The second-order valence-electron chi connectivity index (χ2n) is 3.82. The molecule has 2 rings (SSSR count). The van der Waals surface area contributed by atoms with Crippen molar-refractivity contribution >= 4 is 17.9 Å². The van der Waals surface area contributed by atoms with Crippen LogP contribution in [0.15, 0.2) is 48.5 Å². The number of rotatable bonds is 3. The molecular weight excluding hydrogens is 231 g/mol. The van der Waals surface area contributed by atoms with Crippen LogP contribution in [-0.4, -0.2) is 11.4 Å². The topological polar surface area (TPSA) is 37.3 Å². The van der Waals surface area contributed by atoms with Crippen LogP contribution in [0.1, 0.15) is 11.1 Å². The molecule has 0 saturated carbocycles. The van der Waals surface area contributed by atoms with Crippen LogP contribution in [0.25, 0.3) is 11.6 Å². The van der Waals surface area contributed by atoms with Crippen molar-refractivity contribution in [2.24, 2.45) is 0 Å².